The monoisotopic (exact) mass is 417 g/mol. The van der Waals surface area contributed by atoms with Crippen LogP contribution in [-0.4, -0.2) is 61.8 Å². The van der Waals surface area contributed by atoms with Crippen molar-refractivity contribution in [3.8, 4) is 5.75 Å². The molecule has 1 heterocycles. The number of carbonyl (C=O) groups excluding carboxylic acids is 1. The number of rotatable bonds is 6. The van der Waals surface area contributed by atoms with Crippen molar-refractivity contribution < 1.29 is 18.3 Å². The number of aromatic hydroxyl groups is 1. The number of hydrogen-bond acceptors (Lipinski definition) is 4. The molecule has 0 aliphatic carbocycles. The first kappa shape index (κ1) is 21.3. The molecule has 2 aromatic carbocycles. The molecule has 1 aliphatic heterocycles. The molecule has 0 bridgehead atoms. The van der Waals surface area contributed by atoms with E-state index in [0.29, 0.717) is 32.5 Å². The first-order valence-electron chi connectivity index (χ1n) is 9.56. The van der Waals surface area contributed by atoms with Gasteiger partial charge in [0.1, 0.15) is 5.75 Å². The fraction of sp³-hybridized carbons (Fsp3) is 0.381. The van der Waals surface area contributed by atoms with E-state index < -0.39 is 10.2 Å². The molecule has 1 aliphatic rings. The molecular formula is C21H27N3O4S. The van der Waals surface area contributed by atoms with Gasteiger partial charge in [0.05, 0.1) is 5.56 Å². The Bertz CT molecular complexity index is 953. The Kier molecular flexibility index (Phi) is 6.26. The minimum Gasteiger partial charge on any atom is -0.507 e. The minimum absolute atomic E-state index is 0.0642. The van der Waals surface area contributed by atoms with E-state index in [2.05, 4.69) is 5.32 Å². The maximum Gasteiger partial charge on any atom is 0.281 e. The van der Waals surface area contributed by atoms with Gasteiger partial charge in [0, 0.05) is 39.1 Å². The smallest absolute Gasteiger partial charge is 0.281 e. The SMILES string of the molecule is CN(C)S(=O)(=O)N1CCC(CNC(=O)c2ccccc2O)(c2ccccc2)CC1. The summed E-state index contributed by atoms with van der Waals surface area (Å²) in [6, 6.07) is 16.3. The Balaban J connectivity index is 1.80. The number of nitrogens with one attached hydrogen (secondary N) is 1. The number of benzene rings is 2. The van der Waals surface area contributed by atoms with Crippen molar-refractivity contribution in [3.05, 3.63) is 65.7 Å². The van der Waals surface area contributed by atoms with E-state index in [1.165, 1.54) is 28.8 Å². The summed E-state index contributed by atoms with van der Waals surface area (Å²) < 4.78 is 27.7. The third kappa shape index (κ3) is 4.44. The van der Waals surface area contributed by atoms with Crippen LogP contribution in [0.5, 0.6) is 5.75 Å². The quantitative estimate of drug-likeness (QED) is 0.752. The Labute approximate surface area is 172 Å². The van der Waals surface area contributed by atoms with Gasteiger partial charge in [-0.3, -0.25) is 4.79 Å². The molecule has 2 aromatic rings. The van der Waals surface area contributed by atoms with Crippen LogP contribution in [0.2, 0.25) is 0 Å². The lowest BCUT2D eigenvalue weighted by Gasteiger charge is -2.42. The van der Waals surface area contributed by atoms with Crippen LogP contribution < -0.4 is 5.32 Å². The number of amides is 1. The van der Waals surface area contributed by atoms with Crippen LogP contribution in [0.4, 0.5) is 0 Å². The van der Waals surface area contributed by atoms with Crippen molar-refractivity contribution in [3.63, 3.8) is 0 Å². The predicted octanol–water partition coefficient (Wildman–Crippen LogP) is 1.96. The van der Waals surface area contributed by atoms with E-state index in [9.17, 15) is 18.3 Å². The zero-order valence-electron chi connectivity index (χ0n) is 16.7. The van der Waals surface area contributed by atoms with Gasteiger partial charge >= 0.3 is 0 Å². The van der Waals surface area contributed by atoms with Gasteiger partial charge in [-0.1, -0.05) is 42.5 Å². The molecule has 2 N–H and O–H groups in total. The highest BCUT2D eigenvalue weighted by Gasteiger charge is 2.40. The summed E-state index contributed by atoms with van der Waals surface area (Å²) in [5, 5.41) is 12.9. The van der Waals surface area contributed by atoms with Gasteiger partial charge in [-0.15, -0.1) is 0 Å². The van der Waals surface area contributed by atoms with Crippen LogP contribution in [-0.2, 0) is 15.6 Å². The zero-order chi connectivity index (χ0) is 21.1. The zero-order valence-corrected chi connectivity index (χ0v) is 17.5. The lowest BCUT2D eigenvalue weighted by atomic mass is 9.73. The summed E-state index contributed by atoms with van der Waals surface area (Å²) in [5.74, 6) is -0.410. The second-order valence-corrected chi connectivity index (χ2v) is 9.68. The summed E-state index contributed by atoms with van der Waals surface area (Å²) in [5.41, 5.74) is 0.919. The molecule has 0 radical (unpaired) electrons. The van der Waals surface area contributed by atoms with Crippen LogP contribution in [0.15, 0.2) is 54.6 Å². The Morgan fingerprint density at radius 2 is 1.66 bits per heavy atom. The van der Waals surface area contributed by atoms with E-state index in [-0.39, 0.29) is 22.6 Å². The molecule has 3 rings (SSSR count). The topological polar surface area (TPSA) is 90.0 Å². The average Bonchev–Trinajstić information content (AvgIpc) is 2.73. The van der Waals surface area contributed by atoms with Gasteiger partial charge in [-0.2, -0.15) is 17.0 Å². The number of hydrogen-bond donors (Lipinski definition) is 2. The highest BCUT2D eigenvalue weighted by Crippen LogP contribution is 2.36. The fourth-order valence-corrected chi connectivity index (χ4v) is 4.85. The number of para-hydroxylation sites is 1. The van der Waals surface area contributed by atoms with Gasteiger partial charge in [-0.25, -0.2) is 0 Å². The van der Waals surface area contributed by atoms with Gasteiger partial charge in [-0.05, 0) is 30.5 Å². The highest BCUT2D eigenvalue weighted by atomic mass is 32.2. The summed E-state index contributed by atoms with van der Waals surface area (Å²) >= 11 is 0. The van der Waals surface area contributed by atoms with Crippen molar-refractivity contribution in [1.82, 2.24) is 13.9 Å². The second kappa shape index (κ2) is 8.52. The molecule has 8 heteroatoms. The Morgan fingerprint density at radius 3 is 2.24 bits per heavy atom. The van der Waals surface area contributed by atoms with Crippen molar-refractivity contribution in [1.29, 1.82) is 0 Å². The molecule has 0 spiro atoms. The number of piperidine rings is 1. The van der Waals surface area contributed by atoms with Crippen LogP contribution >= 0.6 is 0 Å². The van der Waals surface area contributed by atoms with Crippen LogP contribution in [0.25, 0.3) is 0 Å². The van der Waals surface area contributed by atoms with Crippen molar-refractivity contribution in [2.75, 3.05) is 33.7 Å². The maximum absolute atomic E-state index is 12.6. The first-order chi connectivity index (χ1) is 13.8. The summed E-state index contributed by atoms with van der Waals surface area (Å²) in [6.07, 6.45) is 1.18. The molecule has 7 nitrogen and oxygen atoms in total. The molecule has 1 fully saturated rings. The Hall–Kier alpha value is -2.42. The molecule has 0 atom stereocenters. The van der Waals surface area contributed by atoms with Crippen LogP contribution in [0, 0.1) is 0 Å². The van der Waals surface area contributed by atoms with Crippen molar-refractivity contribution >= 4 is 16.1 Å². The number of carbonyl (C=O) groups is 1. The molecule has 1 saturated heterocycles. The number of phenols is 1. The lowest BCUT2D eigenvalue weighted by Crippen LogP contribution is -2.52. The van der Waals surface area contributed by atoms with Crippen LogP contribution in [0.3, 0.4) is 0 Å². The van der Waals surface area contributed by atoms with Gasteiger partial charge in [0.25, 0.3) is 16.1 Å². The summed E-state index contributed by atoms with van der Waals surface area (Å²) in [6.45, 7) is 1.11. The molecule has 0 saturated carbocycles. The normalized spacial score (nSPS) is 17.2. The Morgan fingerprint density at radius 1 is 1.07 bits per heavy atom. The van der Waals surface area contributed by atoms with E-state index in [1.54, 1.807) is 18.2 Å². The third-order valence-corrected chi connectivity index (χ3v) is 7.53. The third-order valence-electron chi connectivity index (χ3n) is 5.59. The number of phenolic OH excluding ortho intramolecular Hbond substituents is 1. The molecule has 0 unspecified atom stereocenters. The molecule has 0 aromatic heterocycles. The van der Waals surface area contributed by atoms with Gasteiger partial charge in [0.15, 0.2) is 0 Å². The molecule has 156 valence electrons. The number of nitrogens with zero attached hydrogens (tertiary/aromatic N) is 2. The van der Waals surface area contributed by atoms with Gasteiger partial charge < -0.3 is 10.4 Å². The van der Waals surface area contributed by atoms with E-state index in [1.807, 2.05) is 30.3 Å². The molecular weight excluding hydrogens is 390 g/mol. The van der Waals surface area contributed by atoms with E-state index in [0.717, 1.165) is 5.56 Å². The highest BCUT2D eigenvalue weighted by molar-refractivity contribution is 7.86. The van der Waals surface area contributed by atoms with Gasteiger partial charge in [0.2, 0.25) is 0 Å². The summed E-state index contributed by atoms with van der Waals surface area (Å²) in [7, 11) is -0.409. The van der Waals surface area contributed by atoms with Crippen LogP contribution in [0.1, 0.15) is 28.8 Å². The van der Waals surface area contributed by atoms with E-state index in [4.69, 9.17) is 0 Å². The average molecular weight is 418 g/mol. The van der Waals surface area contributed by atoms with Crippen molar-refractivity contribution in [2.24, 2.45) is 0 Å². The standard InChI is InChI=1S/C21H27N3O4S/c1-23(2)29(27,28)24-14-12-21(13-15-24,17-8-4-3-5-9-17)16-22-20(26)18-10-6-7-11-19(18)25/h3-11,25H,12-16H2,1-2H3,(H,22,26). The molecule has 29 heavy (non-hydrogen) atoms. The predicted molar refractivity (Wildman–Crippen MR) is 112 cm³/mol. The maximum atomic E-state index is 12.6. The van der Waals surface area contributed by atoms with E-state index >= 15 is 0 Å². The summed E-state index contributed by atoms with van der Waals surface area (Å²) in [4.78, 5) is 12.6. The molecule has 1 amide bonds. The fourth-order valence-electron chi connectivity index (χ4n) is 3.75. The first-order valence-corrected chi connectivity index (χ1v) is 11.0. The second-order valence-electron chi connectivity index (χ2n) is 7.54. The van der Waals surface area contributed by atoms with Crippen molar-refractivity contribution in [2.45, 2.75) is 18.3 Å². The minimum atomic E-state index is -3.47. The largest absolute Gasteiger partial charge is 0.507 e. The lowest BCUT2D eigenvalue weighted by molar-refractivity contribution is 0.0930.